The third-order valence-corrected chi connectivity index (χ3v) is 4.22. The average Bonchev–Trinajstić information content (AvgIpc) is 2.57. The van der Waals surface area contributed by atoms with Crippen molar-refractivity contribution in [1.29, 1.82) is 0 Å². The van der Waals surface area contributed by atoms with E-state index >= 15 is 0 Å². The van der Waals surface area contributed by atoms with Gasteiger partial charge in [0.15, 0.2) is 6.10 Å². The summed E-state index contributed by atoms with van der Waals surface area (Å²) in [6, 6.07) is 15.2. The molecule has 6 nitrogen and oxygen atoms in total. The second-order valence-corrected chi connectivity index (χ2v) is 7.33. The third kappa shape index (κ3) is 5.30. The lowest BCUT2D eigenvalue weighted by Crippen LogP contribution is -2.33. The number of methoxy groups -OCH3 is 1. The maximum Gasteiger partial charge on any atom is 0.303 e. The number of carbonyl (C=O) groups excluding carboxylic acids is 1. The number of sulfonamides is 1. The molecule has 0 spiro atoms. The predicted molar refractivity (Wildman–Crippen MR) is 94.7 cm³/mol. The number of esters is 1. The van der Waals surface area contributed by atoms with E-state index in [-0.39, 0.29) is 0 Å². The van der Waals surface area contributed by atoms with E-state index in [2.05, 4.69) is 4.72 Å². The predicted octanol–water partition coefficient (Wildman–Crippen LogP) is 2.59. The molecule has 0 saturated carbocycles. The van der Waals surface area contributed by atoms with Crippen molar-refractivity contribution in [1.82, 2.24) is 4.72 Å². The Morgan fingerprint density at radius 1 is 1.04 bits per heavy atom. The Bertz CT molecular complexity index is 820. The molecule has 0 aromatic heterocycles. The summed E-state index contributed by atoms with van der Waals surface area (Å²) in [5.74, 6) is -0.0166. The second kappa shape index (κ2) is 8.13. The van der Waals surface area contributed by atoms with Crippen LogP contribution in [0.15, 0.2) is 54.6 Å². The highest BCUT2D eigenvalue weighted by Crippen LogP contribution is 2.37. The molecule has 2 atom stereocenters. The minimum atomic E-state index is -3.56. The lowest BCUT2D eigenvalue weighted by molar-refractivity contribution is -0.148. The fraction of sp³-hybridized carbons (Fsp3) is 0.278. The second-order valence-electron chi connectivity index (χ2n) is 5.55. The highest BCUT2D eigenvalue weighted by Gasteiger charge is 2.32. The Labute approximate surface area is 147 Å². The van der Waals surface area contributed by atoms with Crippen molar-refractivity contribution in [2.24, 2.45) is 0 Å². The highest BCUT2D eigenvalue weighted by molar-refractivity contribution is 7.88. The van der Waals surface area contributed by atoms with Crippen LogP contribution < -0.4 is 9.46 Å². The largest absolute Gasteiger partial charge is 0.496 e. The van der Waals surface area contributed by atoms with Crippen molar-refractivity contribution in [2.75, 3.05) is 13.4 Å². The maximum atomic E-state index is 11.9. The molecule has 0 aliphatic heterocycles. The summed E-state index contributed by atoms with van der Waals surface area (Å²) in [5.41, 5.74) is 1.25. The van der Waals surface area contributed by atoms with Crippen LogP contribution in [0.4, 0.5) is 0 Å². The van der Waals surface area contributed by atoms with Gasteiger partial charge in [0.25, 0.3) is 0 Å². The minimum absolute atomic E-state index is 0.505. The molecule has 0 radical (unpaired) electrons. The van der Waals surface area contributed by atoms with Crippen molar-refractivity contribution in [2.45, 2.75) is 19.1 Å². The Balaban J connectivity index is 2.59. The van der Waals surface area contributed by atoms with Crippen molar-refractivity contribution in [3.05, 3.63) is 65.7 Å². The van der Waals surface area contributed by atoms with E-state index in [9.17, 15) is 13.2 Å². The van der Waals surface area contributed by atoms with Crippen LogP contribution in [0.5, 0.6) is 5.75 Å². The van der Waals surface area contributed by atoms with Gasteiger partial charge in [-0.2, -0.15) is 0 Å². The standard InChI is InChI=1S/C18H21NO5S/c1-13(20)24-18(15-11-7-8-12-16(15)23-2)17(19-25(3,21)22)14-9-5-4-6-10-14/h4-12,17-19H,1-3H3. The zero-order valence-electron chi connectivity index (χ0n) is 14.3. The first-order valence-electron chi connectivity index (χ1n) is 7.64. The first-order chi connectivity index (χ1) is 11.8. The van der Waals surface area contributed by atoms with Gasteiger partial charge in [-0.25, -0.2) is 13.1 Å². The van der Waals surface area contributed by atoms with Crippen LogP contribution in [0.1, 0.15) is 30.2 Å². The molecule has 0 heterocycles. The van der Waals surface area contributed by atoms with Gasteiger partial charge in [0.1, 0.15) is 5.75 Å². The van der Waals surface area contributed by atoms with Gasteiger partial charge in [-0.3, -0.25) is 4.79 Å². The van der Waals surface area contributed by atoms with Gasteiger partial charge in [-0.05, 0) is 11.6 Å². The monoisotopic (exact) mass is 363 g/mol. The molecule has 0 aliphatic rings. The number of para-hydroxylation sites is 1. The lowest BCUT2D eigenvalue weighted by Gasteiger charge is -2.28. The summed E-state index contributed by atoms with van der Waals surface area (Å²) in [6.07, 6.45) is 0.182. The maximum absolute atomic E-state index is 11.9. The number of ether oxygens (including phenoxy) is 2. The summed E-state index contributed by atoms with van der Waals surface area (Å²) in [6.45, 7) is 1.28. The Morgan fingerprint density at radius 3 is 2.20 bits per heavy atom. The Hall–Kier alpha value is -2.38. The molecule has 2 aromatic carbocycles. The molecule has 2 rings (SSSR count). The summed E-state index contributed by atoms with van der Waals surface area (Å²) >= 11 is 0. The van der Waals surface area contributed by atoms with Gasteiger partial charge in [0.05, 0.1) is 19.4 Å². The number of hydrogen-bond acceptors (Lipinski definition) is 5. The van der Waals surface area contributed by atoms with Gasteiger partial charge in [0, 0.05) is 12.5 Å². The van der Waals surface area contributed by atoms with Crippen molar-refractivity contribution >= 4 is 16.0 Å². The minimum Gasteiger partial charge on any atom is -0.496 e. The number of rotatable bonds is 7. The molecule has 25 heavy (non-hydrogen) atoms. The van der Waals surface area contributed by atoms with Crippen LogP contribution in [0.25, 0.3) is 0 Å². The fourth-order valence-electron chi connectivity index (χ4n) is 2.59. The molecule has 0 amide bonds. The Kier molecular flexibility index (Phi) is 6.17. The lowest BCUT2D eigenvalue weighted by atomic mass is 9.95. The molecule has 7 heteroatoms. The zero-order chi connectivity index (χ0) is 18.4. The molecule has 0 aliphatic carbocycles. The molecule has 134 valence electrons. The SMILES string of the molecule is COc1ccccc1C(OC(C)=O)C(NS(C)(=O)=O)c1ccccc1. The number of nitrogens with one attached hydrogen (secondary N) is 1. The molecule has 0 fully saturated rings. The first-order valence-corrected chi connectivity index (χ1v) is 9.53. The molecule has 2 unspecified atom stereocenters. The van der Waals surface area contributed by atoms with Gasteiger partial charge in [-0.1, -0.05) is 48.5 Å². The van der Waals surface area contributed by atoms with Crippen LogP contribution in [0.3, 0.4) is 0 Å². The first kappa shape index (κ1) is 19.0. The molecular weight excluding hydrogens is 342 g/mol. The molecule has 0 bridgehead atoms. The topological polar surface area (TPSA) is 81.7 Å². The van der Waals surface area contributed by atoms with Gasteiger partial charge < -0.3 is 9.47 Å². The van der Waals surface area contributed by atoms with E-state index in [1.165, 1.54) is 14.0 Å². The number of carbonyl (C=O) groups is 1. The molecule has 2 aromatic rings. The van der Waals surface area contributed by atoms with E-state index in [0.29, 0.717) is 16.9 Å². The van der Waals surface area contributed by atoms with Crippen molar-refractivity contribution in [3.63, 3.8) is 0 Å². The van der Waals surface area contributed by atoms with Crippen LogP contribution in [-0.2, 0) is 19.6 Å². The van der Waals surface area contributed by atoms with Crippen LogP contribution in [0, 0.1) is 0 Å². The van der Waals surface area contributed by atoms with E-state index in [1.54, 1.807) is 48.5 Å². The quantitative estimate of drug-likeness (QED) is 0.765. The van der Waals surface area contributed by atoms with Crippen LogP contribution in [0.2, 0.25) is 0 Å². The van der Waals surface area contributed by atoms with Gasteiger partial charge in [-0.15, -0.1) is 0 Å². The van der Waals surface area contributed by atoms with Crippen molar-refractivity contribution in [3.8, 4) is 5.75 Å². The highest BCUT2D eigenvalue weighted by atomic mass is 32.2. The average molecular weight is 363 g/mol. The summed E-state index contributed by atoms with van der Waals surface area (Å²) < 4.78 is 37.2. The van der Waals surface area contributed by atoms with E-state index in [0.717, 1.165) is 6.26 Å². The summed E-state index contributed by atoms with van der Waals surface area (Å²) in [5, 5.41) is 0. The van der Waals surface area contributed by atoms with Crippen LogP contribution >= 0.6 is 0 Å². The molecule has 0 saturated heterocycles. The molecular formula is C18H21NO5S. The fourth-order valence-corrected chi connectivity index (χ4v) is 3.31. The summed E-state index contributed by atoms with van der Waals surface area (Å²) in [7, 11) is -2.06. The van der Waals surface area contributed by atoms with E-state index in [4.69, 9.17) is 9.47 Å². The Morgan fingerprint density at radius 2 is 1.64 bits per heavy atom. The smallest absolute Gasteiger partial charge is 0.303 e. The van der Waals surface area contributed by atoms with Crippen LogP contribution in [-0.4, -0.2) is 27.8 Å². The molecule has 1 N–H and O–H groups in total. The van der Waals surface area contributed by atoms with Gasteiger partial charge >= 0.3 is 5.97 Å². The summed E-state index contributed by atoms with van der Waals surface area (Å²) in [4.78, 5) is 11.7. The number of benzene rings is 2. The normalized spacial score (nSPS) is 13.7. The van der Waals surface area contributed by atoms with E-state index in [1.807, 2.05) is 6.07 Å². The zero-order valence-corrected chi connectivity index (χ0v) is 15.1. The third-order valence-electron chi connectivity index (χ3n) is 3.54. The van der Waals surface area contributed by atoms with E-state index < -0.39 is 28.1 Å². The number of hydrogen-bond donors (Lipinski definition) is 1. The van der Waals surface area contributed by atoms with Gasteiger partial charge in [0.2, 0.25) is 10.0 Å². The van der Waals surface area contributed by atoms with Crippen molar-refractivity contribution < 1.29 is 22.7 Å².